The largest absolute Gasteiger partial charge is 0.345 e. The minimum absolute atomic E-state index is 0.739. The molecule has 0 unspecified atom stereocenters. The summed E-state index contributed by atoms with van der Waals surface area (Å²) >= 11 is 6.09. The number of aromatic nitrogens is 2. The third kappa shape index (κ3) is 2.62. The van der Waals surface area contributed by atoms with E-state index >= 15 is 0 Å². The Hall–Kier alpha value is -1.32. The van der Waals surface area contributed by atoms with E-state index in [1.807, 2.05) is 37.5 Å². The zero-order valence-electron chi connectivity index (χ0n) is 9.13. The van der Waals surface area contributed by atoms with Crippen molar-refractivity contribution >= 4 is 11.6 Å². The first-order valence-electron chi connectivity index (χ1n) is 5.20. The number of aromatic amines is 1. The van der Waals surface area contributed by atoms with Crippen molar-refractivity contribution in [3.05, 3.63) is 52.6 Å². The molecule has 0 aliphatic carbocycles. The van der Waals surface area contributed by atoms with Crippen molar-refractivity contribution in [1.29, 1.82) is 0 Å². The van der Waals surface area contributed by atoms with Crippen LogP contribution in [0.5, 0.6) is 0 Å². The molecule has 0 amide bonds. The van der Waals surface area contributed by atoms with Crippen LogP contribution in [-0.2, 0) is 13.0 Å². The van der Waals surface area contributed by atoms with Gasteiger partial charge in [0, 0.05) is 29.9 Å². The first kappa shape index (κ1) is 11.2. The molecule has 1 aromatic carbocycles. The Morgan fingerprint density at radius 2 is 2.19 bits per heavy atom. The molecule has 0 atom stereocenters. The number of halogens is 1. The van der Waals surface area contributed by atoms with Crippen LogP contribution in [0.15, 0.2) is 30.5 Å². The average Bonchev–Trinajstić information content (AvgIpc) is 2.70. The van der Waals surface area contributed by atoms with Gasteiger partial charge in [-0.05, 0) is 18.7 Å². The Morgan fingerprint density at radius 3 is 2.94 bits per heavy atom. The van der Waals surface area contributed by atoms with Gasteiger partial charge >= 0.3 is 0 Å². The Morgan fingerprint density at radius 1 is 1.38 bits per heavy atom. The average molecular weight is 236 g/mol. The van der Waals surface area contributed by atoms with Crippen LogP contribution in [-0.4, -0.2) is 17.0 Å². The lowest BCUT2D eigenvalue weighted by Gasteiger charge is -2.01. The smallest absolute Gasteiger partial charge is 0.110 e. The maximum absolute atomic E-state index is 6.09. The highest BCUT2D eigenvalue weighted by Gasteiger charge is 2.04. The molecule has 1 heterocycles. The number of rotatable bonds is 4. The molecule has 0 aliphatic heterocycles. The van der Waals surface area contributed by atoms with Crippen LogP contribution in [0.2, 0.25) is 5.02 Å². The number of nitrogens with one attached hydrogen (secondary N) is 2. The molecule has 2 rings (SSSR count). The topological polar surface area (TPSA) is 40.7 Å². The molecule has 0 radical (unpaired) electrons. The highest BCUT2D eigenvalue weighted by molar-refractivity contribution is 6.31. The maximum Gasteiger partial charge on any atom is 0.110 e. The number of H-pyrrole nitrogens is 1. The van der Waals surface area contributed by atoms with Gasteiger partial charge in [-0.1, -0.05) is 29.8 Å². The van der Waals surface area contributed by atoms with Crippen LogP contribution < -0.4 is 5.32 Å². The summed E-state index contributed by atoms with van der Waals surface area (Å²) in [5.74, 6) is 0.943. The summed E-state index contributed by atoms with van der Waals surface area (Å²) in [4.78, 5) is 7.57. The van der Waals surface area contributed by atoms with Gasteiger partial charge in [-0.25, -0.2) is 4.98 Å². The first-order valence-corrected chi connectivity index (χ1v) is 5.58. The molecule has 3 nitrogen and oxygen atoms in total. The number of hydrogen-bond acceptors (Lipinski definition) is 2. The highest BCUT2D eigenvalue weighted by atomic mass is 35.5. The van der Waals surface area contributed by atoms with Gasteiger partial charge in [0.15, 0.2) is 0 Å². The van der Waals surface area contributed by atoms with Crippen LogP contribution in [0.3, 0.4) is 0 Å². The molecule has 16 heavy (non-hydrogen) atoms. The molecule has 84 valence electrons. The molecule has 0 aliphatic rings. The fraction of sp³-hybridized carbons (Fsp3) is 0.250. The van der Waals surface area contributed by atoms with Gasteiger partial charge in [-0.3, -0.25) is 0 Å². The Kier molecular flexibility index (Phi) is 3.59. The third-order valence-electron chi connectivity index (χ3n) is 2.36. The molecule has 2 N–H and O–H groups in total. The normalized spacial score (nSPS) is 10.6. The van der Waals surface area contributed by atoms with E-state index in [-0.39, 0.29) is 0 Å². The second-order valence-corrected chi connectivity index (χ2v) is 4.06. The summed E-state index contributed by atoms with van der Waals surface area (Å²) < 4.78 is 0. The molecule has 2 aromatic rings. The van der Waals surface area contributed by atoms with Crippen molar-refractivity contribution in [2.75, 3.05) is 7.05 Å². The van der Waals surface area contributed by atoms with Gasteiger partial charge in [-0.2, -0.15) is 0 Å². The Bertz CT molecular complexity index is 465. The summed E-state index contributed by atoms with van der Waals surface area (Å²) in [5, 5.41) is 3.86. The maximum atomic E-state index is 6.09. The lowest BCUT2D eigenvalue weighted by molar-refractivity contribution is 0.793. The van der Waals surface area contributed by atoms with Gasteiger partial charge in [0.25, 0.3) is 0 Å². The molecule has 0 bridgehead atoms. The van der Waals surface area contributed by atoms with Crippen molar-refractivity contribution < 1.29 is 0 Å². The molecule has 0 saturated carbocycles. The van der Waals surface area contributed by atoms with E-state index in [4.69, 9.17) is 11.6 Å². The second-order valence-electron chi connectivity index (χ2n) is 3.65. The fourth-order valence-corrected chi connectivity index (χ4v) is 1.80. The molecular weight excluding hydrogens is 222 g/mol. The lowest BCUT2D eigenvalue weighted by Crippen LogP contribution is -2.05. The van der Waals surface area contributed by atoms with Gasteiger partial charge in [0.1, 0.15) is 5.82 Å². The quantitative estimate of drug-likeness (QED) is 0.854. The molecule has 4 heteroatoms. The van der Waals surface area contributed by atoms with Gasteiger partial charge in [0.2, 0.25) is 0 Å². The van der Waals surface area contributed by atoms with E-state index < -0.39 is 0 Å². The Balaban J connectivity index is 2.11. The van der Waals surface area contributed by atoms with E-state index in [1.165, 1.54) is 0 Å². The number of imidazole rings is 1. The van der Waals surface area contributed by atoms with Gasteiger partial charge in [-0.15, -0.1) is 0 Å². The Labute approximate surface area is 99.9 Å². The zero-order chi connectivity index (χ0) is 11.4. The standard InChI is InChI=1S/C12H14ClN3/c1-14-7-10-8-15-12(16-10)6-9-4-2-3-5-11(9)13/h2-5,8,14H,6-7H2,1H3,(H,15,16). The molecular formula is C12H14ClN3. The van der Waals surface area contributed by atoms with Crippen LogP contribution in [0.1, 0.15) is 17.1 Å². The van der Waals surface area contributed by atoms with Crippen LogP contribution in [0.25, 0.3) is 0 Å². The van der Waals surface area contributed by atoms with Crippen molar-refractivity contribution in [3.8, 4) is 0 Å². The van der Waals surface area contributed by atoms with Crippen LogP contribution >= 0.6 is 11.6 Å². The SMILES string of the molecule is CNCc1cnc(Cc2ccccc2Cl)[nH]1. The van der Waals surface area contributed by atoms with E-state index in [9.17, 15) is 0 Å². The summed E-state index contributed by atoms with van der Waals surface area (Å²) in [6, 6.07) is 7.83. The van der Waals surface area contributed by atoms with Crippen molar-refractivity contribution in [1.82, 2.24) is 15.3 Å². The monoisotopic (exact) mass is 235 g/mol. The summed E-state index contributed by atoms with van der Waals surface area (Å²) in [7, 11) is 1.91. The highest BCUT2D eigenvalue weighted by Crippen LogP contribution is 2.17. The summed E-state index contributed by atoms with van der Waals surface area (Å²) in [6.07, 6.45) is 2.59. The zero-order valence-corrected chi connectivity index (χ0v) is 9.88. The molecule has 0 fully saturated rings. The molecule has 0 spiro atoms. The van der Waals surface area contributed by atoms with Crippen LogP contribution in [0, 0.1) is 0 Å². The summed E-state index contributed by atoms with van der Waals surface area (Å²) in [5.41, 5.74) is 2.18. The lowest BCUT2D eigenvalue weighted by atomic mass is 10.1. The van der Waals surface area contributed by atoms with Crippen LogP contribution in [0.4, 0.5) is 0 Å². The predicted molar refractivity (Wildman–Crippen MR) is 65.6 cm³/mol. The fourth-order valence-electron chi connectivity index (χ4n) is 1.60. The second kappa shape index (κ2) is 5.14. The minimum atomic E-state index is 0.739. The predicted octanol–water partition coefficient (Wildman–Crippen LogP) is 2.37. The van der Waals surface area contributed by atoms with Crippen molar-refractivity contribution in [2.24, 2.45) is 0 Å². The summed E-state index contributed by atoms with van der Waals surface area (Å²) in [6.45, 7) is 0.801. The van der Waals surface area contributed by atoms with Gasteiger partial charge < -0.3 is 10.3 Å². The number of benzene rings is 1. The first-order chi connectivity index (χ1) is 7.79. The van der Waals surface area contributed by atoms with E-state index in [0.717, 1.165) is 35.1 Å². The van der Waals surface area contributed by atoms with Gasteiger partial charge in [0.05, 0.1) is 0 Å². The minimum Gasteiger partial charge on any atom is -0.345 e. The van der Waals surface area contributed by atoms with Crippen molar-refractivity contribution in [2.45, 2.75) is 13.0 Å². The number of nitrogens with zero attached hydrogens (tertiary/aromatic N) is 1. The third-order valence-corrected chi connectivity index (χ3v) is 2.73. The molecule has 1 aromatic heterocycles. The van der Waals surface area contributed by atoms with Crippen molar-refractivity contribution in [3.63, 3.8) is 0 Å². The van der Waals surface area contributed by atoms with E-state index in [0.29, 0.717) is 0 Å². The van der Waals surface area contributed by atoms with E-state index in [1.54, 1.807) is 0 Å². The van der Waals surface area contributed by atoms with E-state index in [2.05, 4.69) is 15.3 Å². The number of hydrogen-bond donors (Lipinski definition) is 2. The molecule has 0 saturated heterocycles.